The van der Waals surface area contributed by atoms with E-state index in [1.54, 1.807) is 4.68 Å². The van der Waals surface area contributed by atoms with E-state index in [4.69, 9.17) is 22.5 Å². The maximum atomic E-state index is 8.68. The molecule has 0 radical (unpaired) electrons. The van der Waals surface area contributed by atoms with Gasteiger partial charge < -0.3 is 10.9 Å². The molecule has 7 heteroatoms. The smallest absolute Gasteiger partial charge is 0.143 e. The summed E-state index contributed by atoms with van der Waals surface area (Å²) in [6.45, 7) is 8.12. The summed E-state index contributed by atoms with van der Waals surface area (Å²) in [5.74, 6) is 0.226. The lowest BCUT2D eigenvalue weighted by molar-refractivity contribution is 0.252. The van der Waals surface area contributed by atoms with E-state index in [0.717, 1.165) is 17.9 Å². The molecule has 1 aromatic rings. The fourth-order valence-corrected chi connectivity index (χ4v) is 2.17. The molecule has 6 nitrogen and oxygen atoms in total. The highest BCUT2D eigenvalue weighted by Gasteiger charge is 2.17. The van der Waals surface area contributed by atoms with E-state index in [1.165, 1.54) is 0 Å². The van der Waals surface area contributed by atoms with Gasteiger partial charge in [-0.05, 0) is 13.5 Å². The molecule has 0 amide bonds. The van der Waals surface area contributed by atoms with Gasteiger partial charge in [0.25, 0.3) is 0 Å². The van der Waals surface area contributed by atoms with E-state index in [2.05, 4.69) is 22.1 Å². The van der Waals surface area contributed by atoms with Crippen LogP contribution in [0.2, 0.25) is 5.02 Å². The Labute approximate surface area is 118 Å². The quantitative estimate of drug-likeness (QED) is 0.360. The van der Waals surface area contributed by atoms with Crippen LogP contribution in [0.5, 0.6) is 0 Å². The first-order valence-electron chi connectivity index (χ1n) is 6.28. The zero-order valence-corrected chi connectivity index (χ0v) is 12.6. The minimum absolute atomic E-state index is 0.0157. The van der Waals surface area contributed by atoms with Crippen molar-refractivity contribution in [2.75, 3.05) is 13.1 Å². The van der Waals surface area contributed by atoms with Crippen LogP contribution in [0, 0.1) is 12.8 Å². The Kier molecular flexibility index (Phi) is 5.62. The number of hydrogen-bond acceptors (Lipinski definition) is 4. The third kappa shape index (κ3) is 3.84. The molecule has 108 valence electrons. The molecule has 0 aliphatic carbocycles. The summed E-state index contributed by atoms with van der Waals surface area (Å²) in [5, 5.41) is 16.7. The Balaban J connectivity index is 2.77. The second-order valence-corrected chi connectivity index (χ2v) is 5.10. The van der Waals surface area contributed by atoms with Gasteiger partial charge in [-0.1, -0.05) is 30.6 Å². The zero-order chi connectivity index (χ0) is 14.6. The molecule has 1 rings (SSSR count). The number of oxime groups is 1. The van der Waals surface area contributed by atoms with Crippen molar-refractivity contribution < 1.29 is 5.21 Å². The second-order valence-electron chi connectivity index (χ2n) is 4.72. The van der Waals surface area contributed by atoms with Crippen LogP contribution in [0.1, 0.15) is 25.2 Å². The summed E-state index contributed by atoms with van der Waals surface area (Å²) in [5.41, 5.74) is 7.42. The van der Waals surface area contributed by atoms with Crippen LogP contribution in [-0.2, 0) is 13.6 Å². The van der Waals surface area contributed by atoms with Crippen LogP contribution in [0.15, 0.2) is 5.16 Å². The van der Waals surface area contributed by atoms with E-state index >= 15 is 0 Å². The summed E-state index contributed by atoms with van der Waals surface area (Å²) in [7, 11) is 1.88. The number of rotatable bonds is 6. The lowest BCUT2D eigenvalue weighted by Crippen LogP contribution is -2.35. The average Bonchev–Trinajstić information content (AvgIpc) is 2.62. The van der Waals surface area contributed by atoms with Crippen LogP contribution in [0.3, 0.4) is 0 Å². The molecule has 0 spiro atoms. The number of nitrogens with two attached hydrogens (primary N) is 1. The molecule has 1 heterocycles. The molecule has 1 atom stereocenters. The minimum Gasteiger partial charge on any atom is -0.409 e. The van der Waals surface area contributed by atoms with Gasteiger partial charge in [-0.3, -0.25) is 9.58 Å². The second kappa shape index (κ2) is 6.77. The van der Waals surface area contributed by atoms with Crippen LogP contribution < -0.4 is 5.73 Å². The Bertz CT molecular complexity index is 457. The van der Waals surface area contributed by atoms with Crippen LogP contribution >= 0.6 is 11.6 Å². The molecule has 0 saturated heterocycles. The van der Waals surface area contributed by atoms with Crippen LogP contribution in [0.4, 0.5) is 0 Å². The largest absolute Gasteiger partial charge is 0.409 e. The predicted octanol–water partition coefficient (Wildman–Crippen LogP) is 1.59. The van der Waals surface area contributed by atoms with Crippen LogP contribution in [0.25, 0.3) is 0 Å². The van der Waals surface area contributed by atoms with Crippen molar-refractivity contribution in [2.45, 2.75) is 27.3 Å². The predicted molar refractivity (Wildman–Crippen MR) is 76.5 cm³/mol. The first kappa shape index (κ1) is 15.8. The SMILES string of the molecule is CCN(Cc1c(Cl)c(C)nn1C)CC(C)C(N)=NO. The normalized spacial score (nSPS) is 14.1. The topological polar surface area (TPSA) is 79.7 Å². The summed E-state index contributed by atoms with van der Waals surface area (Å²) in [6, 6.07) is 0. The van der Waals surface area contributed by atoms with Gasteiger partial charge >= 0.3 is 0 Å². The van der Waals surface area contributed by atoms with Gasteiger partial charge in [0.2, 0.25) is 0 Å². The summed E-state index contributed by atoms with van der Waals surface area (Å²) >= 11 is 6.24. The number of halogens is 1. The monoisotopic (exact) mass is 287 g/mol. The molecule has 1 unspecified atom stereocenters. The number of nitrogens with zero attached hydrogens (tertiary/aromatic N) is 4. The fraction of sp³-hybridized carbons (Fsp3) is 0.667. The highest BCUT2D eigenvalue weighted by Crippen LogP contribution is 2.21. The maximum absolute atomic E-state index is 8.68. The van der Waals surface area contributed by atoms with Gasteiger partial charge in [-0.2, -0.15) is 5.10 Å². The van der Waals surface area contributed by atoms with Crippen molar-refractivity contribution in [3.05, 3.63) is 16.4 Å². The molecular formula is C12H22ClN5O. The summed E-state index contributed by atoms with van der Waals surface area (Å²) in [6.07, 6.45) is 0. The Morgan fingerprint density at radius 1 is 1.63 bits per heavy atom. The molecule has 19 heavy (non-hydrogen) atoms. The van der Waals surface area contributed by atoms with Gasteiger partial charge in [0.15, 0.2) is 0 Å². The number of hydrogen-bond donors (Lipinski definition) is 2. The molecule has 0 bridgehead atoms. The fourth-order valence-electron chi connectivity index (χ4n) is 1.95. The standard InChI is InChI=1S/C12H22ClN5O/c1-5-18(6-8(2)12(14)16-19)7-10-11(13)9(3)15-17(10)4/h8,19H,5-7H2,1-4H3,(H2,14,16). The Morgan fingerprint density at radius 3 is 2.68 bits per heavy atom. The number of aromatic nitrogens is 2. The first-order valence-corrected chi connectivity index (χ1v) is 6.66. The lowest BCUT2D eigenvalue weighted by Gasteiger charge is -2.23. The van der Waals surface area contributed by atoms with Crippen molar-refractivity contribution in [3.8, 4) is 0 Å². The number of amidine groups is 1. The Morgan fingerprint density at radius 2 is 2.26 bits per heavy atom. The molecular weight excluding hydrogens is 266 g/mol. The van der Waals surface area contributed by atoms with E-state index in [1.807, 2.05) is 20.9 Å². The average molecular weight is 288 g/mol. The summed E-state index contributed by atoms with van der Waals surface area (Å²) in [4.78, 5) is 2.19. The molecule has 0 saturated carbocycles. The first-order chi connectivity index (χ1) is 8.90. The third-order valence-corrected chi connectivity index (χ3v) is 3.73. The van der Waals surface area contributed by atoms with Gasteiger partial charge in [-0.15, -0.1) is 0 Å². The highest BCUT2D eigenvalue weighted by atomic mass is 35.5. The third-order valence-electron chi connectivity index (χ3n) is 3.23. The van der Waals surface area contributed by atoms with Gasteiger partial charge in [0.1, 0.15) is 5.84 Å². The lowest BCUT2D eigenvalue weighted by atomic mass is 10.1. The van der Waals surface area contributed by atoms with Crippen molar-refractivity contribution in [1.29, 1.82) is 0 Å². The molecule has 1 aromatic heterocycles. The highest BCUT2D eigenvalue weighted by molar-refractivity contribution is 6.31. The minimum atomic E-state index is -0.0157. The molecule has 3 N–H and O–H groups in total. The zero-order valence-electron chi connectivity index (χ0n) is 11.9. The Hall–Kier alpha value is -1.27. The van der Waals surface area contributed by atoms with Gasteiger partial charge in [-0.25, -0.2) is 0 Å². The maximum Gasteiger partial charge on any atom is 0.143 e. The van der Waals surface area contributed by atoms with Crippen molar-refractivity contribution in [3.63, 3.8) is 0 Å². The van der Waals surface area contributed by atoms with E-state index < -0.39 is 0 Å². The van der Waals surface area contributed by atoms with Gasteiger partial charge in [0.05, 0.1) is 16.4 Å². The van der Waals surface area contributed by atoms with E-state index in [-0.39, 0.29) is 11.8 Å². The van der Waals surface area contributed by atoms with Crippen LogP contribution in [-0.4, -0.2) is 38.8 Å². The molecule has 0 aliphatic rings. The number of aryl methyl sites for hydroxylation is 2. The van der Waals surface area contributed by atoms with Crippen molar-refractivity contribution in [1.82, 2.24) is 14.7 Å². The van der Waals surface area contributed by atoms with Crippen molar-refractivity contribution >= 4 is 17.4 Å². The molecule has 0 fully saturated rings. The van der Waals surface area contributed by atoms with Crippen molar-refractivity contribution in [2.24, 2.45) is 23.9 Å². The molecule has 0 aromatic carbocycles. The van der Waals surface area contributed by atoms with Gasteiger partial charge in [0, 0.05) is 26.1 Å². The van der Waals surface area contributed by atoms with E-state index in [0.29, 0.717) is 18.1 Å². The summed E-state index contributed by atoms with van der Waals surface area (Å²) < 4.78 is 1.80. The molecule has 0 aliphatic heterocycles. The van der Waals surface area contributed by atoms with E-state index in [9.17, 15) is 0 Å².